The number of aryl methyl sites for hydroxylation is 1. The lowest BCUT2D eigenvalue weighted by Gasteiger charge is -2.18. The molecule has 2 aromatic carbocycles. The van der Waals surface area contributed by atoms with Crippen LogP contribution in [0.4, 0.5) is 10.1 Å². The second-order valence-electron chi connectivity index (χ2n) is 4.90. The van der Waals surface area contributed by atoms with Crippen LogP contribution in [0.2, 0.25) is 5.02 Å². The molecule has 0 spiro atoms. The molecule has 0 aliphatic rings. The molecule has 0 radical (unpaired) electrons. The van der Waals surface area contributed by atoms with Gasteiger partial charge in [0.15, 0.2) is 6.10 Å². The standard InChI is InChI=1S/C17H17ClFNO2/c1-3-15(22-16-7-5-4-6-11(16)2)17(21)20-12-8-9-14(19)13(18)10-12/h4-10,15H,3H2,1-2H3,(H,20,21)/t15-/m1/s1. The normalized spacial score (nSPS) is 11.8. The van der Waals surface area contributed by atoms with Gasteiger partial charge in [-0.1, -0.05) is 36.7 Å². The number of benzene rings is 2. The van der Waals surface area contributed by atoms with Gasteiger partial charge in [-0.3, -0.25) is 4.79 Å². The smallest absolute Gasteiger partial charge is 0.265 e. The average molecular weight is 322 g/mol. The molecule has 3 nitrogen and oxygen atoms in total. The lowest BCUT2D eigenvalue weighted by molar-refractivity contribution is -0.122. The molecule has 0 aliphatic carbocycles. The molecule has 0 bridgehead atoms. The zero-order valence-corrected chi connectivity index (χ0v) is 13.2. The molecule has 0 aromatic heterocycles. The van der Waals surface area contributed by atoms with Crippen molar-refractivity contribution in [2.75, 3.05) is 5.32 Å². The fourth-order valence-corrected chi connectivity index (χ4v) is 2.14. The summed E-state index contributed by atoms with van der Waals surface area (Å²) in [5.41, 5.74) is 1.39. The van der Waals surface area contributed by atoms with Gasteiger partial charge < -0.3 is 10.1 Å². The van der Waals surface area contributed by atoms with Crippen LogP contribution >= 0.6 is 11.6 Å². The molecule has 116 valence electrons. The van der Waals surface area contributed by atoms with Crippen molar-refractivity contribution in [1.82, 2.24) is 0 Å². The van der Waals surface area contributed by atoms with Gasteiger partial charge in [-0.15, -0.1) is 0 Å². The van der Waals surface area contributed by atoms with Gasteiger partial charge >= 0.3 is 0 Å². The molecule has 2 rings (SSSR count). The highest BCUT2D eigenvalue weighted by Crippen LogP contribution is 2.22. The van der Waals surface area contributed by atoms with Crippen molar-refractivity contribution in [3.8, 4) is 5.75 Å². The molecule has 1 atom stereocenters. The summed E-state index contributed by atoms with van der Waals surface area (Å²) in [5, 5.41) is 2.65. The quantitative estimate of drug-likeness (QED) is 0.875. The number of amides is 1. The maximum Gasteiger partial charge on any atom is 0.265 e. The number of hydrogen-bond donors (Lipinski definition) is 1. The van der Waals surface area contributed by atoms with E-state index >= 15 is 0 Å². The molecule has 0 heterocycles. The summed E-state index contributed by atoms with van der Waals surface area (Å²) in [6.07, 6.45) is -0.125. The summed E-state index contributed by atoms with van der Waals surface area (Å²) in [6.45, 7) is 3.78. The van der Waals surface area contributed by atoms with Crippen LogP contribution in [0.5, 0.6) is 5.75 Å². The third-order valence-electron chi connectivity index (χ3n) is 3.21. The third-order valence-corrected chi connectivity index (χ3v) is 3.50. The Morgan fingerprint density at radius 1 is 1.32 bits per heavy atom. The van der Waals surface area contributed by atoms with E-state index in [4.69, 9.17) is 16.3 Å². The van der Waals surface area contributed by atoms with E-state index in [-0.39, 0.29) is 10.9 Å². The van der Waals surface area contributed by atoms with E-state index in [1.165, 1.54) is 18.2 Å². The Bertz CT molecular complexity index is 675. The van der Waals surface area contributed by atoms with Crippen molar-refractivity contribution in [3.63, 3.8) is 0 Å². The Morgan fingerprint density at radius 3 is 2.68 bits per heavy atom. The Hall–Kier alpha value is -2.07. The van der Waals surface area contributed by atoms with Crippen molar-refractivity contribution in [3.05, 3.63) is 58.9 Å². The van der Waals surface area contributed by atoms with Crippen LogP contribution in [0.3, 0.4) is 0 Å². The number of halogens is 2. The molecular weight excluding hydrogens is 305 g/mol. The molecule has 0 unspecified atom stereocenters. The van der Waals surface area contributed by atoms with Gasteiger partial charge in [0.2, 0.25) is 0 Å². The summed E-state index contributed by atoms with van der Waals surface area (Å²) in [4.78, 5) is 12.3. The summed E-state index contributed by atoms with van der Waals surface area (Å²) in [5.74, 6) is -0.155. The first-order valence-electron chi connectivity index (χ1n) is 6.99. The predicted octanol–water partition coefficient (Wildman–Crippen LogP) is 4.58. The number of nitrogens with one attached hydrogen (secondary N) is 1. The zero-order chi connectivity index (χ0) is 16.1. The molecule has 2 aromatic rings. The van der Waals surface area contributed by atoms with E-state index in [1.54, 1.807) is 0 Å². The first kappa shape index (κ1) is 16.3. The number of hydrogen-bond acceptors (Lipinski definition) is 2. The van der Waals surface area contributed by atoms with Crippen LogP contribution in [-0.4, -0.2) is 12.0 Å². The van der Waals surface area contributed by atoms with Crippen molar-refractivity contribution in [1.29, 1.82) is 0 Å². The molecule has 0 aliphatic heterocycles. The predicted molar refractivity (Wildman–Crippen MR) is 85.9 cm³/mol. The largest absolute Gasteiger partial charge is 0.480 e. The van der Waals surface area contributed by atoms with Crippen molar-refractivity contribution in [2.45, 2.75) is 26.4 Å². The Balaban J connectivity index is 2.08. The Kier molecular flexibility index (Phi) is 5.39. The fourth-order valence-electron chi connectivity index (χ4n) is 1.96. The minimum Gasteiger partial charge on any atom is -0.480 e. The van der Waals surface area contributed by atoms with Gasteiger partial charge in [0, 0.05) is 5.69 Å². The second kappa shape index (κ2) is 7.27. The first-order chi connectivity index (χ1) is 10.5. The van der Waals surface area contributed by atoms with E-state index in [0.717, 1.165) is 5.56 Å². The number of rotatable bonds is 5. The van der Waals surface area contributed by atoms with Crippen LogP contribution < -0.4 is 10.1 Å². The minimum atomic E-state index is -0.634. The Morgan fingerprint density at radius 2 is 2.05 bits per heavy atom. The lowest BCUT2D eigenvalue weighted by Crippen LogP contribution is -2.32. The van der Waals surface area contributed by atoms with Gasteiger partial charge in [-0.2, -0.15) is 0 Å². The van der Waals surface area contributed by atoms with Crippen LogP contribution in [-0.2, 0) is 4.79 Å². The van der Waals surface area contributed by atoms with E-state index < -0.39 is 11.9 Å². The monoisotopic (exact) mass is 321 g/mol. The van der Waals surface area contributed by atoms with Gasteiger partial charge in [0.1, 0.15) is 11.6 Å². The number of carbonyl (C=O) groups excluding carboxylic acids is 1. The van der Waals surface area contributed by atoms with Gasteiger partial charge in [-0.05, 0) is 43.2 Å². The van der Waals surface area contributed by atoms with Crippen molar-refractivity contribution < 1.29 is 13.9 Å². The molecule has 0 saturated carbocycles. The molecule has 0 fully saturated rings. The molecule has 5 heteroatoms. The number of ether oxygens (including phenoxy) is 1. The van der Waals surface area contributed by atoms with Gasteiger partial charge in [-0.25, -0.2) is 4.39 Å². The highest BCUT2D eigenvalue weighted by molar-refractivity contribution is 6.31. The molecule has 1 N–H and O–H groups in total. The third kappa shape index (κ3) is 3.98. The van der Waals surface area contributed by atoms with Gasteiger partial charge in [0.25, 0.3) is 5.91 Å². The molecular formula is C17H17ClFNO2. The summed E-state index contributed by atoms with van der Waals surface area (Å²) >= 11 is 5.70. The van der Waals surface area contributed by atoms with Crippen LogP contribution in [0.15, 0.2) is 42.5 Å². The Labute approximate surface area is 134 Å². The van der Waals surface area contributed by atoms with E-state index in [2.05, 4.69) is 5.32 Å². The van der Waals surface area contributed by atoms with Crippen LogP contribution in [0, 0.1) is 12.7 Å². The topological polar surface area (TPSA) is 38.3 Å². The molecule has 22 heavy (non-hydrogen) atoms. The lowest BCUT2D eigenvalue weighted by atomic mass is 10.2. The van der Waals surface area contributed by atoms with E-state index in [9.17, 15) is 9.18 Å². The maximum atomic E-state index is 13.1. The summed E-state index contributed by atoms with van der Waals surface area (Å²) in [6, 6.07) is 11.5. The molecule has 1 amide bonds. The number of para-hydroxylation sites is 1. The van der Waals surface area contributed by atoms with Crippen molar-refractivity contribution >= 4 is 23.2 Å². The van der Waals surface area contributed by atoms with Crippen LogP contribution in [0.1, 0.15) is 18.9 Å². The number of carbonyl (C=O) groups is 1. The average Bonchev–Trinajstić information content (AvgIpc) is 2.50. The summed E-state index contributed by atoms with van der Waals surface area (Å²) in [7, 11) is 0. The SMILES string of the molecule is CC[C@@H](Oc1ccccc1C)C(=O)Nc1ccc(F)c(Cl)c1. The first-order valence-corrected chi connectivity index (χ1v) is 7.37. The second-order valence-corrected chi connectivity index (χ2v) is 5.31. The van der Waals surface area contributed by atoms with Gasteiger partial charge in [0.05, 0.1) is 5.02 Å². The highest BCUT2D eigenvalue weighted by atomic mass is 35.5. The fraction of sp³-hybridized carbons (Fsp3) is 0.235. The highest BCUT2D eigenvalue weighted by Gasteiger charge is 2.19. The van der Waals surface area contributed by atoms with Crippen molar-refractivity contribution in [2.24, 2.45) is 0 Å². The van der Waals surface area contributed by atoms with E-state index in [0.29, 0.717) is 17.9 Å². The van der Waals surface area contributed by atoms with E-state index in [1.807, 2.05) is 38.1 Å². The molecule has 0 saturated heterocycles. The van der Waals surface area contributed by atoms with Crippen LogP contribution in [0.25, 0.3) is 0 Å². The minimum absolute atomic E-state index is 0.0364. The summed E-state index contributed by atoms with van der Waals surface area (Å²) < 4.78 is 18.9. The maximum absolute atomic E-state index is 13.1. The zero-order valence-electron chi connectivity index (χ0n) is 12.4. The number of anilines is 1.